The number of carbonyl (C=O) groups excluding carboxylic acids is 3. The van der Waals surface area contributed by atoms with Crippen molar-refractivity contribution in [3.8, 4) is 0 Å². The van der Waals surface area contributed by atoms with Gasteiger partial charge < -0.3 is 10.1 Å². The molecule has 1 heterocycles. The molecule has 0 bridgehead atoms. The molecule has 2 atom stereocenters. The van der Waals surface area contributed by atoms with Crippen molar-refractivity contribution in [1.29, 1.82) is 0 Å². The first-order valence-corrected chi connectivity index (χ1v) is 10.3. The first-order valence-electron chi connectivity index (χ1n) is 10.3. The number of hydrogen-bond acceptors (Lipinski definition) is 4. The highest BCUT2D eigenvalue weighted by atomic mass is 19.1. The van der Waals surface area contributed by atoms with Gasteiger partial charge in [-0.1, -0.05) is 62.4 Å². The number of benzene rings is 3. The molecule has 1 N–H and O–H groups in total. The van der Waals surface area contributed by atoms with E-state index < -0.39 is 40.4 Å². The molecular formula is C26H22FNO4. The van der Waals surface area contributed by atoms with Gasteiger partial charge in [0.1, 0.15) is 5.82 Å². The summed E-state index contributed by atoms with van der Waals surface area (Å²) >= 11 is 0. The van der Waals surface area contributed by atoms with E-state index in [1.165, 1.54) is 12.1 Å². The topological polar surface area (TPSA) is 75.8 Å². The van der Waals surface area contributed by atoms with Crippen molar-refractivity contribution in [2.45, 2.75) is 25.0 Å². The Balaban J connectivity index is 1.87. The molecule has 0 aromatic heterocycles. The fourth-order valence-electron chi connectivity index (χ4n) is 3.97. The summed E-state index contributed by atoms with van der Waals surface area (Å²) in [5, 5.41) is 2.72. The van der Waals surface area contributed by atoms with E-state index in [1.807, 2.05) is 0 Å². The fourth-order valence-corrected chi connectivity index (χ4v) is 3.97. The summed E-state index contributed by atoms with van der Waals surface area (Å²) in [5.41, 5.74) is -2.91. The number of para-hydroxylation sites is 1. The highest BCUT2D eigenvalue weighted by Crippen LogP contribution is 2.59. The molecule has 3 aromatic carbocycles. The van der Waals surface area contributed by atoms with Crippen LogP contribution in [0.1, 0.15) is 29.8 Å². The summed E-state index contributed by atoms with van der Waals surface area (Å²) in [7, 11) is 0. The predicted octanol–water partition coefficient (Wildman–Crippen LogP) is 4.54. The maximum absolute atomic E-state index is 13.8. The number of nitrogens with one attached hydrogen (secondary N) is 1. The largest absolute Gasteiger partial charge is 0.330 e. The number of rotatable bonds is 7. The molecule has 162 valence electrons. The SMILES string of the molecule is CC(C)C(=O)[C@]1(C(=O)Nc2ccccc2)O[C@]1(C(=O)c1ccc(F)cc1)c1ccccc1. The van der Waals surface area contributed by atoms with E-state index in [9.17, 15) is 18.8 Å². The third-order valence-corrected chi connectivity index (χ3v) is 5.59. The van der Waals surface area contributed by atoms with Crippen LogP contribution in [0.5, 0.6) is 0 Å². The van der Waals surface area contributed by atoms with Gasteiger partial charge >= 0.3 is 0 Å². The molecule has 32 heavy (non-hydrogen) atoms. The Hall–Kier alpha value is -3.64. The molecule has 1 fully saturated rings. The summed E-state index contributed by atoms with van der Waals surface area (Å²) in [4.78, 5) is 40.8. The Morgan fingerprint density at radius 3 is 1.97 bits per heavy atom. The third kappa shape index (κ3) is 3.33. The van der Waals surface area contributed by atoms with E-state index in [2.05, 4.69) is 5.32 Å². The second-order valence-corrected chi connectivity index (χ2v) is 8.01. The van der Waals surface area contributed by atoms with Crippen molar-refractivity contribution >= 4 is 23.2 Å². The molecule has 0 radical (unpaired) electrons. The lowest BCUT2D eigenvalue weighted by atomic mass is 9.75. The first-order chi connectivity index (χ1) is 15.3. The van der Waals surface area contributed by atoms with Crippen molar-refractivity contribution in [2.24, 2.45) is 5.92 Å². The van der Waals surface area contributed by atoms with Gasteiger partial charge in [0, 0.05) is 17.2 Å². The van der Waals surface area contributed by atoms with Gasteiger partial charge in [0.25, 0.3) is 5.91 Å². The van der Waals surface area contributed by atoms with E-state index in [1.54, 1.807) is 74.5 Å². The Morgan fingerprint density at radius 1 is 0.844 bits per heavy atom. The van der Waals surface area contributed by atoms with E-state index in [0.717, 1.165) is 12.1 Å². The van der Waals surface area contributed by atoms with Gasteiger partial charge in [0.05, 0.1) is 0 Å². The van der Waals surface area contributed by atoms with Crippen LogP contribution in [0.25, 0.3) is 0 Å². The van der Waals surface area contributed by atoms with Gasteiger partial charge in [0.15, 0.2) is 5.78 Å². The number of carbonyl (C=O) groups is 3. The zero-order valence-corrected chi connectivity index (χ0v) is 17.7. The van der Waals surface area contributed by atoms with Crippen LogP contribution >= 0.6 is 0 Å². The molecule has 0 saturated carbocycles. The van der Waals surface area contributed by atoms with Crippen molar-refractivity contribution in [1.82, 2.24) is 0 Å². The molecule has 0 unspecified atom stereocenters. The third-order valence-electron chi connectivity index (χ3n) is 5.59. The van der Waals surface area contributed by atoms with Crippen LogP contribution in [0.15, 0.2) is 84.9 Å². The number of hydrogen-bond donors (Lipinski definition) is 1. The van der Waals surface area contributed by atoms with Crippen LogP contribution in [0.3, 0.4) is 0 Å². The maximum atomic E-state index is 13.8. The molecule has 4 rings (SSSR count). The Kier molecular flexibility index (Phi) is 5.48. The highest BCUT2D eigenvalue weighted by molar-refractivity contribution is 6.26. The van der Waals surface area contributed by atoms with Crippen LogP contribution in [-0.2, 0) is 19.9 Å². The van der Waals surface area contributed by atoms with Crippen LogP contribution in [0, 0.1) is 11.7 Å². The number of Topliss-reactive ketones (excluding diaryl/α,β-unsaturated/α-hetero) is 2. The van der Waals surface area contributed by atoms with Gasteiger partial charge in [-0.25, -0.2) is 4.39 Å². The van der Waals surface area contributed by atoms with E-state index in [-0.39, 0.29) is 5.56 Å². The van der Waals surface area contributed by atoms with E-state index in [0.29, 0.717) is 11.3 Å². The minimum atomic E-state index is -2.05. The predicted molar refractivity (Wildman–Crippen MR) is 118 cm³/mol. The average Bonchev–Trinajstić information content (AvgIpc) is 3.52. The molecule has 6 heteroatoms. The summed E-state index contributed by atoms with van der Waals surface area (Å²) in [5.74, 6) is -2.89. The standard InChI is InChI=1S/C26H22FNO4/c1-17(2)22(29)26(24(31)28-21-11-7-4-8-12-21)25(32-26,19-9-5-3-6-10-19)23(30)18-13-15-20(27)16-14-18/h3-17H,1-2H3,(H,28,31)/t25-,26+/m0/s1. The van der Waals surface area contributed by atoms with Gasteiger partial charge in [0.2, 0.25) is 17.0 Å². The zero-order valence-electron chi connectivity index (χ0n) is 17.7. The monoisotopic (exact) mass is 431 g/mol. The van der Waals surface area contributed by atoms with E-state index in [4.69, 9.17) is 4.74 Å². The quantitative estimate of drug-likeness (QED) is 0.339. The minimum Gasteiger partial charge on any atom is -0.330 e. The summed E-state index contributed by atoms with van der Waals surface area (Å²) in [6.45, 7) is 3.30. The number of halogens is 1. The minimum absolute atomic E-state index is 0.140. The number of anilines is 1. The maximum Gasteiger partial charge on any atom is 0.268 e. The molecular weight excluding hydrogens is 409 g/mol. The zero-order chi connectivity index (χ0) is 22.9. The van der Waals surface area contributed by atoms with Gasteiger partial charge in [-0.3, -0.25) is 14.4 Å². The normalized spacial score (nSPS) is 21.8. The lowest BCUT2D eigenvalue weighted by molar-refractivity contribution is -0.135. The molecule has 1 amide bonds. The molecule has 5 nitrogen and oxygen atoms in total. The fraction of sp³-hybridized carbons (Fsp3) is 0.192. The van der Waals surface area contributed by atoms with Crippen molar-refractivity contribution < 1.29 is 23.5 Å². The van der Waals surface area contributed by atoms with Crippen LogP contribution in [0.4, 0.5) is 10.1 Å². The lowest BCUT2D eigenvalue weighted by Gasteiger charge is -2.20. The number of ether oxygens (including phenoxy) is 1. The summed E-state index contributed by atoms with van der Waals surface area (Å²) in [6.07, 6.45) is 0. The average molecular weight is 431 g/mol. The number of epoxide rings is 1. The van der Waals surface area contributed by atoms with Gasteiger partial charge in [-0.2, -0.15) is 0 Å². The number of ketones is 2. The van der Waals surface area contributed by atoms with Crippen LogP contribution in [-0.4, -0.2) is 23.1 Å². The molecule has 0 spiro atoms. The molecule has 1 saturated heterocycles. The van der Waals surface area contributed by atoms with Crippen molar-refractivity contribution in [3.05, 3.63) is 102 Å². The molecule has 1 aliphatic heterocycles. The van der Waals surface area contributed by atoms with E-state index >= 15 is 0 Å². The molecule has 0 aliphatic carbocycles. The van der Waals surface area contributed by atoms with Crippen molar-refractivity contribution in [2.75, 3.05) is 5.32 Å². The van der Waals surface area contributed by atoms with Crippen LogP contribution in [0.2, 0.25) is 0 Å². The van der Waals surface area contributed by atoms with Gasteiger partial charge in [-0.15, -0.1) is 0 Å². The molecule has 1 aliphatic rings. The Morgan fingerprint density at radius 2 is 1.41 bits per heavy atom. The molecule has 3 aromatic rings. The number of amides is 1. The smallest absolute Gasteiger partial charge is 0.268 e. The van der Waals surface area contributed by atoms with Gasteiger partial charge in [-0.05, 0) is 42.0 Å². The lowest BCUT2D eigenvalue weighted by Crippen LogP contribution is -2.48. The summed E-state index contributed by atoms with van der Waals surface area (Å²) in [6, 6.07) is 22.1. The van der Waals surface area contributed by atoms with Crippen LogP contribution < -0.4 is 5.32 Å². The second-order valence-electron chi connectivity index (χ2n) is 8.01. The highest BCUT2D eigenvalue weighted by Gasteiger charge is 2.83. The second kappa shape index (κ2) is 8.13. The van der Waals surface area contributed by atoms with Crippen molar-refractivity contribution in [3.63, 3.8) is 0 Å². The first kappa shape index (κ1) is 21.6. The Bertz CT molecular complexity index is 1160. The summed E-state index contributed by atoms with van der Waals surface area (Å²) < 4.78 is 19.5. The Labute approximate surface area is 185 Å².